The van der Waals surface area contributed by atoms with E-state index in [1.54, 1.807) is 18.2 Å². The molecule has 2 N–H and O–H groups in total. The average molecular weight is 200 g/mol. The van der Waals surface area contributed by atoms with E-state index in [9.17, 15) is 9.90 Å². The van der Waals surface area contributed by atoms with Gasteiger partial charge in [-0.15, -0.1) is 0 Å². The Bertz CT molecular complexity index is 635. The minimum atomic E-state index is -0.564. The molecule has 0 aliphatic carbocycles. The summed E-state index contributed by atoms with van der Waals surface area (Å²) in [4.78, 5) is 13.9. The summed E-state index contributed by atoms with van der Waals surface area (Å²) in [5.41, 5.74) is 0.676. The molecular weight excluding hydrogens is 192 g/mol. The van der Waals surface area contributed by atoms with Gasteiger partial charge in [0.25, 0.3) is 5.56 Å². The molecule has 0 saturated heterocycles. The van der Waals surface area contributed by atoms with Gasteiger partial charge in [0.2, 0.25) is 0 Å². The first-order chi connectivity index (χ1) is 7.13. The third-order valence-electron chi connectivity index (χ3n) is 2.25. The van der Waals surface area contributed by atoms with E-state index < -0.39 is 5.56 Å². The Morgan fingerprint density at radius 1 is 1.47 bits per heavy atom. The first kappa shape index (κ1) is 9.28. The van der Waals surface area contributed by atoms with E-state index in [-0.39, 0.29) is 11.3 Å². The Morgan fingerprint density at radius 3 is 2.87 bits per heavy atom. The van der Waals surface area contributed by atoms with Crippen LogP contribution >= 0.6 is 0 Å². The number of aromatic amines is 1. The van der Waals surface area contributed by atoms with Gasteiger partial charge in [-0.3, -0.25) is 4.79 Å². The monoisotopic (exact) mass is 200 g/mol. The van der Waals surface area contributed by atoms with Crippen molar-refractivity contribution in [3.05, 3.63) is 39.7 Å². The highest BCUT2D eigenvalue weighted by Crippen LogP contribution is 2.24. The van der Waals surface area contributed by atoms with Crippen LogP contribution in [0, 0.1) is 18.3 Å². The van der Waals surface area contributed by atoms with Gasteiger partial charge in [-0.25, -0.2) is 0 Å². The zero-order valence-corrected chi connectivity index (χ0v) is 8.03. The van der Waals surface area contributed by atoms with Crippen LogP contribution in [0.25, 0.3) is 10.9 Å². The molecule has 1 heterocycles. The highest BCUT2D eigenvalue weighted by molar-refractivity contribution is 5.87. The predicted molar refractivity (Wildman–Crippen MR) is 55.7 cm³/mol. The second-order valence-corrected chi connectivity index (χ2v) is 3.34. The Hall–Kier alpha value is -2.28. The highest BCUT2D eigenvalue weighted by atomic mass is 16.3. The number of pyridine rings is 1. The van der Waals surface area contributed by atoms with Gasteiger partial charge >= 0.3 is 0 Å². The number of aryl methyl sites for hydroxylation is 1. The normalized spacial score (nSPS) is 10.1. The van der Waals surface area contributed by atoms with Gasteiger partial charge in [-0.2, -0.15) is 5.26 Å². The third kappa shape index (κ3) is 1.34. The number of nitrogens with one attached hydrogen (secondary N) is 1. The van der Waals surface area contributed by atoms with E-state index in [2.05, 4.69) is 4.98 Å². The Morgan fingerprint density at radius 2 is 2.20 bits per heavy atom. The SMILES string of the molecule is Cc1ccc2[nH]c(=O)c(C#N)c(O)c2c1. The number of hydrogen-bond donors (Lipinski definition) is 2. The molecule has 0 unspecified atom stereocenters. The number of hydrogen-bond acceptors (Lipinski definition) is 3. The lowest BCUT2D eigenvalue weighted by molar-refractivity contribution is 0.478. The Kier molecular flexibility index (Phi) is 1.94. The van der Waals surface area contributed by atoms with Crippen molar-refractivity contribution in [3.63, 3.8) is 0 Å². The first-order valence-electron chi connectivity index (χ1n) is 4.39. The van der Waals surface area contributed by atoms with E-state index in [4.69, 9.17) is 5.26 Å². The molecule has 0 amide bonds. The molecule has 1 aromatic heterocycles. The van der Waals surface area contributed by atoms with Gasteiger partial charge < -0.3 is 10.1 Å². The summed E-state index contributed by atoms with van der Waals surface area (Å²) >= 11 is 0. The standard InChI is InChI=1S/C11H8N2O2/c1-6-2-3-9-7(4-6)10(14)8(5-12)11(15)13-9/h2-4H,1H3,(H2,13,14,15). The quantitative estimate of drug-likeness (QED) is 0.675. The maximum atomic E-state index is 11.3. The fourth-order valence-electron chi connectivity index (χ4n) is 1.49. The molecule has 15 heavy (non-hydrogen) atoms. The van der Waals surface area contributed by atoms with Crippen molar-refractivity contribution in [2.45, 2.75) is 6.92 Å². The molecule has 4 heteroatoms. The summed E-state index contributed by atoms with van der Waals surface area (Å²) in [6.45, 7) is 1.87. The Labute approximate surface area is 85.4 Å². The number of aromatic hydroxyl groups is 1. The predicted octanol–water partition coefficient (Wildman–Crippen LogP) is 1.41. The fourth-order valence-corrected chi connectivity index (χ4v) is 1.49. The molecule has 2 aromatic rings. The van der Waals surface area contributed by atoms with Gasteiger partial charge in [0, 0.05) is 5.39 Å². The van der Waals surface area contributed by atoms with Crippen LogP contribution in [0.5, 0.6) is 5.75 Å². The zero-order valence-electron chi connectivity index (χ0n) is 8.03. The molecule has 1 aromatic carbocycles. The minimum absolute atomic E-state index is 0.242. The average Bonchev–Trinajstić information content (AvgIpc) is 2.20. The van der Waals surface area contributed by atoms with Crippen molar-refractivity contribution in [2.24, 2.45) is 0 Å². The van der Waals surface area contributed by atoms with E-state index in [0.29, 0.717) is 10.9 Å². The number of H-pyrrole nitrogens is 1. The molecule has 0 fully saturated rings. The fraction of sp³-hybridized carbons (Fsp3) is 0.0909. The molecule has 0 bridgehead atoms. The second-order valence-electron chi connectivity index (χ2n) is 3.34. The molecule has 0 spiro atoms. The van der Waals surface area contributed by atoms with Crippen LogP contribution in [0.2, 0.25) is 0 Å². The van der Waals surface area contributed by atoms with Crippen molar-refractivity contribution < 1.29 is 5.11 Å². The molecule has 4 nitrogen and oxygen atoms in total. The molecule has 0 atom stereocenters. The molecular formula is C11H8N2O2. The van der Waals surface area contributed by atoms with Crippen LogP contribution < -0.4 is 5.56 Å². The number of nitrogens with zero attached hydrogens (tertiary/aromatic N) is 1. The van der Waals surface area contributed by atoms with Crippen LogP contribution in [-0.2, 0) is 0 Å². The third-order valence-corrected chi connectivity index (χ3v) is 2.25. The maximum Gasteiger partial charge on any atom is 0.270 e. The van der Waals surface area contributed by atoms with Crippen molar-refractivity contribution in [3.8, 4) is 11.8 Å². The van der Waals surface area contributed by atoms with Crippen molar-refractivity contribution >= 4 is 10.9 Å². The molecule has 0 aliphatic rings. The van der Waals surface area contributed by atoms with Crippen LogP contribution in [0.4, 0.5) is 0 Å². The van der Waals surface area contributed by atoms with Crippen molar-refractivity contribution in [1.29, 1.82) is 5.26 Å². The second kappa shape index (κ2) is 3.14. The van der Waals surface area contributed by atoms with E-state index in [1.165, 1.54) is 0 Å². The lowest BCUT2D eigenvalue weighted by Crippen LogP contribution is -2.10. The lowest BCUT2D eigenvalue weighted by atomic mass is 10.1. The van der Waals surface area contributed by atoms with E-state index in [1.807, 2.05) is 13.0 Å². The zero-order chi connectivity index (χ0) is 11.0. The van der Waals surface area contributed by atoms with Crippen LogP contribution in [0.3, 0.4) is 0 Å². The number of aromatic nitrogens is 1. The van der Waals surface area contributed by atoms with E-state index >= 15 is 0 Å². The van der Waals surface area contributed by atoms with Gasteiger partial charge in [-0.1, -0.05) is 11.6 Å². The van der Waals surface area contributed by atoms with E-state index in [0.717, 1.165) is 5.56 Å². The number of benzene rings is 1. The van der Waals surface area contributed by atoms with Gasteiger partial charge in [0.15, 0.2) is 5.56 Å². The van der Waals surface area contributed by atoms with Gasteiger partial charge in [0.05, 0.1) is 5.52 Å². The number of nitriles is 1. The molecule has 0 aliphatic heterocycles. The largest absolute Gasteiger partial charge is 0.506 e. The summed E-state index contributed by atoms with van der Waals surface area (Å²) in [6, 6.07) is 6.93. The van der Waals surface area contributed by atoms with Crippen LogP contribution in [0.1, 0.15) is 11.1 Å². The maximum absolute atomic E-state index is 11.3. The molecule has 0 saturated carbocycles. The van der Waals surface area contributed by atoms with Gasteiger partial charge in [0.1, 0.15) is 11.8 Å². The number of fused-ring (bicyclic) bond motifs is 1. The Balaban J connectivity index is 3.00. The molecule has 74 valence electrons. The van der Waals surface area contributed by atoms with Gasteiger partial charge in [-0.05, 0) is 19.1 Å². The highest BCUT2D eigenvalue weighted by Gasteiger charge is 2.10. The number of rotatable bonds is 0. The molecule has 2 rings (SSSR count). The summed E-state index contributed by atoms with van der Waals surface area (Å²) in [7, 11) is 0. The first-order valence-corrected chi connectivity index (χ1v) is 4.39. The smallest absolute Gasteiger partial charge is 0.270 e. The summed E-state index contributed by atoms with van der Waals surface area (Å²) in [6.07, 6.45) is 0. The van der Waals surface area contributed by atoms with Crippen molar-refractivity contribution in [1.82, 2.24) is 4.98 Å². The topological polar surface area (TPSA) is 76.9 Å². The van der Waals surface area contributed by atoms with Crippen LogP contribution in [-0.4, -0.2) is 10.1 Å². The van der Waals surface area contributed by atoms with Crippen molar-refractivity contribution in [2.75, 3.05) is 0 Å². The summed E-state index contributed by atoms with van der Waals surface area (Å²) < 4.78 is 0. The minimum Gasteiger partial charge on any atom is -0.506 e. The summed E-state index contributed by atoms with van der Waals surface area (Å²) in [5.74, 6) is -0.250. The summed E-state index contributed by atoms with van der Waals surface area (Å²) in [5, 5.41) is 18.9. The van der Waals surface area contributed by atoms with Crippen LogP contribution in [0.15, 0.2) is 23.0 Å². The lowest BCUT2D eigenvalue weighted by Gasteiger charge is -2.03. The molecule has 0 radical (unpaired) electrons.